The summed E-state index contributed by atoms with van der Waals surface area (Å²) < 4.78 is 3.78. The molecule has 0 fully saturated rings. The molecule has 1 amide bonds. The molecule has 130 valence electrons. The summed E-state index contributed by atoms with van der Waals surface area (Å²) in [6.07, 6.45) is 1.13. The largest absolute Gasteiger partial charge is 0.355 e. The molecule has 0 bridgehead atoms. The summed E-state index contributed by atoms with van der Waals surface area (Å²) >= 11 is 8.76. The Morgan fingerprint density at radius 3 is 2.75 bits per heavy atom. The number of amides is 1. The van der Waals surface area contributed by atoms with Crippen LogP contribution in [0.25, 0.3) is 0 Å². The van der Waals surface area contributed by atoms with Crippen LogP contribution < -0.4 is 10.2 Å². The summed E-state index contributed by atoms with van der Waals surface area (Å²) in [5, 5.41) is 7.23. The van der Waals surface area contributed by atoms with E-state index in [4.69, 9.17) is 12.2 Å². The van der Waals surface area contributed by atoms with Gasteiger partial charge in [0.15, 0.2) is 15.0 Å². The first-order valence-corrected chi connectivity index (χ1v) is 10.1. The van der Waals surface area contributed by atoms with Gasteiger partial charge in [-0.2, -0.15) is 4.68 Å². The van der Waals surface area contributed by atoms with Crippen molar-refractivity contribution in [2.75, 3.05) is 19.8 Å². The fourth-order valence-corrected chi connectivity index (χ4v) is 4.47. The third kappa shape index (κ3) is 5.41. The van der Waals surface area contributed by atoms with Gasteiger partial charge in [0.1, 0.15) is 6.54 Å². The van der Waals surface area contributed by atoms with Crippen LogP contribution in [-0.4, -0.2) is 35.5 Å². The van der Waals surface area contributed by atoms with Crippen LogP contribution in [0.1, 0.15) is 29.3 Å². The number of hydrogen-bond donors (Lipinski definition) is 2. The summed E-state index contributed by atoms with van der Waals surface area (Å²) in [6, 6.07) is 7.71. The van der Waals surface area contributed by atoms with E-state index in [1.807, 2.05) is 28.9 Å². The lowest BCUT2D eigenvalue weighted by Gasteiger charge is -2.14. The molecule has 5 nitrogen and oxygen atoms in total. The number of carbonyl (C=O) groups is 1. The zero-order valence-electron chi connectivity index (χ0n) is 14.2. The highest BCUT2D eigenvalue weighted by Crippen LogP contribution is 2.22. The SMILES string of the molecule is CCCSc1nn(C[NH+](C)Cc2ccc(C(=O)NC)cc2)c(=S)s1. The van der Waals surface area contributed by atoms with Crippen molar-refractivity contribution in [3.8, 4) is 0 Å². The Balaban J connectivity index is 1.95. The molecule has 1 atom stereocenters. The van der Waals surface area contributed by atoms with Gasteiger partial charge in [-0.15, -0.1) is 5.10 Å². The smallest absolute Gasteiger partial charge is 0.251 e. The molecule has 2 N–H and O–H groups in total. The molecule has 1 aromatic carbocycles. The van der Waals surface area contributed by atoms with Crippen LogP contribution >= 0.6 is 35.3 Å². The lowest BCUT2D eigenvalue weighted by molar-refractivity contribution is -0.917. The van der Waals surface area contributed by atoms with E-state index in [0.29, 0.717) is 5.56 Å². The maximum atomic E-state index is 11.6. The number of benzene rings is 1. The number of carbonyl (C=O) groups excluding carboxylic acids is 1. The predicted octanol–water partition coefficient (Wildman–Crippen LogP) is 2.21. The Morgan fingerprint density at radius 2 is 2.12 bits per heavy atom. The second-order valence-corrected chi connectivity index (χ2v) is 8.51. The lowest BCUT2D eigenvalue weighted by Crippen LogP contribution is -3.07. The van der Waals surface area contributed by atoms with Crippen molar-refractivity contribution in [2.24, 2.45) is 0 Å². The Hall–Kier alpha value is -1.22. The van der Waals surface area contributed by atoms with Gasteiger partial charge in [0.25, 0.3) is 5.91 Å². The molecule has 0 saturated heterocycles. The number of aromatic nitrogens is 2. The molecule has 0 radical (unpaired) electrons. The van der Waals surface area contributed by atoms with Crippen LogP contribution in [0.2, 0.25) is 0 Å². The normalized spacial score (nSPS) is 12.1. The number of rotatable bonds is 8. The monoisotopic (exact) mass is 383 g/mol. The summed E-state index contributed by atoms with van der Waals surface area (Å²) in [4.78, 5) is 12.9. The second-order valence-electron chi connectivity index (χ2n) is 5.55. The van der Waals surface area contributed by atoms with E-state index in [0.717, 1.165) is 33.7 Å². The zero-order chi connectivity index (χ0) is 17.5. The van der Waals surface area contributed by atoms with E-state index >= 15 is 0 Å². The van der Waals surface area contributed by atoms with Gasteiger partial charge in [0, 0.05) is 23.9 Å². The van der Waals surface area contributed by atoms with Crippen LogP contribution in [0, 0.1) is 3.95 Å². The summed E-state index contributed by atoms with van der Waals surface area (Å²) in [5.41, 5.74) is 1.86. The first-order chi connectivity index (χ1) is 11.5. The molecule has 1 aromatic heterocycles. The summed E-state index contributed by atoms with van der Waals surface area (Å²) in [6.45, 7) is 3.75. The van der Waals surface area contributed by atoms with Gasteiger partial charge in [-0.25, -0.2) is 0 Å². The highest BCUT2D eigenvalue weighted by molar-refractivity contribution is 8.01. The van der Waals surface area contributed by atoms with Crippen molar-refractivity contribution >= 4 is 41.2 Å². The number of thioether (sulfide) groups is 1. The van der Waals surface area contributed by atoms with Gasteiger partial charge >= 0.3 is 0 Å². The van der Waals surface area contributed by atoms with Crippen molar-refractivity contribution in [3.63, 3.8) is 0 Å². The maximum absolute atomic E-state index is 11.6. The zero-order valence-corrected chi connectivity index (χ0v) is 16.6. The average Bonchev–Trinajstić information content (AvgIpc) is 2.92. The van der Waals surface area contributed by atoms with Crippen molar-refractivity contribution in [2.45, 2.75) is 30.9 Å². The van der Waals surface area contributed by atoms with E-state index in [2.05, 4.69) is 24.4 Å². The van der Waals surface area contributed by atoms with Crippen molar-refractivity contribution in [3.05, 3.63) is 39.3 Å². The van der Waals surface area contributed by atoms with E-state index < -0.39 is 0 Å². The third-order valence-electron chi connectivity index (χ3n) is 3.39. The van der Waals surface area contributed by atoms with Crippen molar-refractivity contribution in [1.82, 2.24) is 15.1 Å². The topological polar surface area (TPSA) is 51.4 Å². The van der Waals surface area contributed by atoms with Crippen molar-refractivity contribution < 1.29 is 9.69 Å². The molecule has 2 rings (SSSR count). The van der Waals surface area contributed by atoms with Gasteiger partial charge in [0.2, 0.25) is 0 Å². The molecule has 1 unspecified atom stereocenters. The van der Waals surface area contributed by atoms with Gasteiger partial charge in [-0.1, -0.05) is 42.2 Å². The predicted molar refractivity (Wildman–Crippen MR) is 102 cm³/mol. The van der Waals surface area contributed by atoms with E-state index in [9.17, 15) is 4.79 Å². The minimum absolute atomic E-state index is 0.0619. The number of hydrogen-bond acceptors (Lipinski definition) is 5. The lowest BCUT2D eigenvalue weighted by atomic mass is 10.1. The molecule has 0 saturated carbocycles. The molecule has 0 spiro atoms. The number of quaternary nitrogens is 1. The van der Waals surface area contributed by atoms with Crippen LogP contribution in [0.5, 0.6) is 0 Å². The molecule has 0 aliphatic carbocycles. The minimum Gasteiger partial charge on any atom is -0.355 e. The molecule has 8 heteroatoms. The molecule has 1 heterocycles. The highest BCUT2D eigenvalue weighted by Gasteiger charge is 2.10. The summed E-state index contributed by atoms with van der Waals surface area (Å²) in [5.74, 6) is 1.01. The van der Waals surface area contributed by atoms with Crippen LogP contribution in [0.4, 0.5) is 0 Å². The van der Waals surface area contributed by atoms with Crippen LogP contribution in [0.3, 0.4) is 0 Å². The number of nitrogens with zero attached hydrogens (tertiary/aromatic N) is 2. The van der Waals surface area contributed by atoms with E-state index in [-0.39, 0.29) is 5.91 Å². The van der Waals surface area contributed by atoms with Gasteiger partial charge < -0.3 is 10.2 Å². The summed E-state index contributed by atoms with van der Waals surface area (Å²) in [7, 11) is 3.76. The number of nitrogens with one attached hydrogen (secondary N) is 2. The first kappa shape index (κ1) is 19.1. The molecule has 2 aromatic rings. The molecular weight excluding hydrogens is 360 g/mol. The van der Waals surface area contributed by atoms with E-state index in [1.54, 1.807) is 30.1 Å². The minimum atomic E-state index is -0.0619. The van der Waals surface area contributed by atoms with Gasteiger partial charge in [0.05, 0.1) is 7.05 Å². The van der Waals surface area contributed by atoms with Gasteiger partial charge in [-0.05, 0) is 30.8 Å². The standard InChI is InChI=1S/C16H22N4OS3/c1-4-9-23-15-18-20(16(22)24-15)11-19(3)10-12-5-7-13(8-6-12)14(21)17-2/h5-8H,4,9-11H2,1-3H3,(H,17,21)/p+1. The van der Waals surface area contributed by atoms with E-state index in [1.165, 1.54) is 10.5 Å². The molecule has 0 aliphatic heterocycles. The van der Waals surface area contributed by atoms with Crippen molar-refractivity contribution in [1.29, 1.82) is 0 Å². The fraction of sp³-hybridized carbons (Fsp3) is 0.438. The Bertz CT molecular complexity index is 724. The van der Waals surface area contributed by atoms with Crippen LogP contribution in [0.15, 0.2) is 28.6 Å². The quantitative estimate of drug-likeness (QED) is 0.542. The maximum Gasteiger partial charge on any atom is 0.251 e. The average molecular weight is 384 g/mol. The Morgan fingerprint density at radius 1 is 1.42 bits per heavy atom. The Kier molecular flexibility index (Phi) is 7.41. The molecule has 0 aliphatic rings. The molecular formula is C16H23N4OS3+. The second kappa shape index (κ2) is 9.31. The Labute approximate surface area is 156 Å². The van der Waals surface area contributed by atoms with Crippen LogP contribution in [-0.2, 0) is 13.2 Å². The van der Waals surface area contributed by atoms with Gasteiger partial charge in [-0.3, -0.25) is 4.79 Å². The highest BCUT2D eigenvalue weighted by atomic mass is 32.2. The first-order valence-electron chi connectivity index (χ1n) is 7.86. The fourth-order valence-electron chi connectivity index (χ4n) is 2.21. The third-order valence-corrected chi connectivity index (χ3v) is 6.03. The molecule has 24 heavy (non-hydrogen) atoms.